The van der Waals surface area contributed by atoms with Crippen molar-refractivity contribution < 1.29 is 0 Å². The molecule has 1 rings (SSSR count). The number of hydrogen-bond acceptors (Lipinski definition) is 3. The molecule has 0 aromatic heterocycles. The molecular formula is C18H39N3. The summed E-state index contributed by atoms with van der Waals surface area (Å²) in [4.78, 5) is 7.80. The van der Waals surface area contributed by atoms with Crippen LogP contribution in [-0.2, 0) is 0 Å². The predicted molar refractivity (Wildman–Crippen MR) is 93.9 cm³/mol. The van der Waals surface area contributed by atoms with E-state index in [2.05, 4.69) is 49.4 Å². The first kappa shape index (κ1) is 18.9. The second-order valence-corrected chi connectivity index (χ2v) is 7.33. The van der Waals surface area contributed by atoms with E-state index in [0.29, 0.717) is 0 Å². The molecule has 1 fully saturated rings. The van der Waals surface area contributed by atoms with Crippen LogP contribution in [0.1, 0.15) is 47.0 Å². The van der Waals surface area contributed by atoms with Gasteiger partial charge in [-0.1, -0.05) is 27.7 Å². The third-order valence-electron chi connectivity index (χ3n) is 4.70. The lowest BCUT2D eigenvalue weighted by atomic mass is 9.96. The second kappa shape index (κ2) is 10.6. The lowest BCUT2D eigenvalue weighted by Crippen LogP contribution is -2.41. The van der Waals surface area contributed by atoms with E-state index in [9.17, 15) is 0 Å². The Kier molecular flexibility index (Phi) is 9.54. The van der Waals surface area contributed by atoms with Gasteiger partial charge in [0, 0.05) is 26.2 Å². The number of hydrogen-bond donors (Lipinski definition) is 0. The molecule has 0 aromatic rings. The summed E-state index contributed by atoms with van der Waals surface area (Å²) < 4.78 is 0. The molecule has 0 bridgehead atoms. The third-order valence-corrected chi connectivity index (χ3v) is 4.70. The Labute approximate surface area is 133 Å². The zero-order chi connectivity index (χ0) is 15.7. The molecule has 0 amide bonds. The number of rotatable bonds is 10. The molecule has 0 aromatic carbocycles. The zero-order valence-corrected chi connectivity index (χ0v) is 15.3. The fourth-order valence-corrected chi connectivity index (χ4v) is 3.40. The standard InChI is InChI=1S/C18H39N3/c1-6-10-21(15-17(3)4)14-13-20(7-2)16-18-8-11-19(5)12-9-18/h17-18H,6-16H2,1-5H3. The van der Waals surface area contributed by atoms with Gasteiger partial charge in [-0.05, 0) is 64.3 Å². The number of likely N-dealkylation sites (tertiary alicyclic amines) is 1. The predicted octanol–water partition coefficient (Wildman–Crippen LogP) is 3.02. The number of likely N-dealkylation sites (N-methyl/N-ethyl adjacent to an activating group) is 1. The Morgan fingerprint density at radius 3 is 2.14 bits per heavy atom. The SMILES string of the molecule is CCCN(CCN(CC)CC1CCN(C)CC1)CC(C)C. The lowest BCUT2D eigenvalue weighted by Gasteiger charge is -2.34. The molecule has 3 heteroatoms. The van der Waals surface area contributed by atoms with Crippen LogP contribution < -0.4 is 0 Å². The topological polar surface area (TPSA) is 9.72 Å². The second-order valence-electron chi connectivity index (χ2n) is 7.33. The first-order chi connectivity index (χ1) is 10.0. The Hall–Kier alpha value is -0.120. The van der Waals surface area contributed by atoms with Crippen molar-refractivity contribution in [3.05, 3.63) is 0 Å². The highest BCUT2D eigenvalue weighted by atomic mass is 15.2. The van der Waals surface area contributed by atoms with Crippen LogP contribution in [0.25, 0.3) is 0 Å². The van der Waals surface area contributed by atoms with Crippen molar-refractivity contribution in [1.29, 1.82) is 0 Å². The summed E-state index contributed by atoms with van der Waals surface area (Å²) in [7, 11) is 2.25. The molecule has 21 heavy (non-hydrogen) atoms. The van der Waals surface area contributed by atoms with Crippen LogP contribution in [0.15, 0.2) is 0 Å². The van der Waals surface area contributed by atoms with Crippen molar-refractivity contribution in [3.8, 4) is 0 Å². The normalized spacial score (nSPS) is 18.3. The van der Waals surface area contributed by atoms with Crippen molar-refractivity contribution in [3.63, 3.8) is 0 Å². The van der Waals surface area contributed by atoms with Gasteiger partial charge in [0.2, 0.25) is 0 Å². The first-order valence-electron chi connectivity index (χ1n) is 9.18. The highest BCUT2D eigenvalue weighted by molar-refractivity contribution is 4.74. The Balaban J connectivity index is 2.31. The average molecular weight is 298 g/mol. The van der Waals surface area contributed by atoms with Crippen LogP contribution in [0.5, 0.6) is 0 Å². The Bertz CT molecular complexity index is 247. The van der Waals surface area contributed by atoms with Crippen molar-refractivity contribution in [2.24, 2.45) is 11.8 Å². The summed E-state index contributed by atoms with van der Waals surface area (Å²) >= 11 is 0. The molecule has 1 aliphatic rings. The maximum absolute atomic E-state index is 2.68. The molecule has 0 aliphatic carbocycles. The van der Waals surface area contributed by atoms with Crippen LogP contribution in [0.4, 0.5) is 0 Å². The molecule has 126 valence electrons. The Morgan fingerprint density at radius 1 is 1.00 bits per heavy atom. The van der Waals surface area contributed by atoms with E-state index in [4.69, 9.17) is 0 Å². The molecular weight excluding hydrogens is 258 g/mol. The summed E-state index contributed by atoms with van der Waals surface area (Å²) in [5, 5.41) is 0. The quantitative estimate of drug-likeness (QED) is 0.614. The van der Waals surface area contributed by atoms with Crippen LogP contribution in [0.2, 0.25) is 0 Å². The summed E-state index contributed by atoms with van der Waals surface area (Å²) in [5.74, 6) is 1.70. The van der Waals surface area contributed by atoms with E-state index in [1.54, 1.807) is 0 Å². The largest absolute Gasteiger partial charge is 0.306 e. The number of piperidine rings is 1. The van der Waals surface area contributed by atoms with Gasteiger partial charge in [0.05, 0.1) is 0 Å². The maximum Gasteiger partial charge on any atom is 0.0109 e. The van der Waals surface area contributed by atoms with E-state index < -0.39 is 0 Å². The molecule has 0 radical (unpaired) electrons. The highest BCUT2D eigenvalue weighted by Crippen LogP contribution is 2.17. The highest BCUT2D eigenvalue weighted by Gasteiger charge is 2.19. The first-order valence-corrected chi connectivity index (χ1v) is 9.18. The van der Waals surface area contributed by atoms with Gasteiger partial charge in [-0.15, -0.1) is 0 Å². The van der Waals surface area contributed by atoms with Crippen molar-refractivity contribution in [2.45, 2.75) is 47.0 Å². The van der Waals surface area contributed by atoms with E-state index in [1.165, 1.54) is 71.6 Å². The van der Waals surface area contributed by atoms with Gasteiger partial charge in [-0.3, -0.25) is 0 Å². The summed E-state index contributed by atoms with van der Waals surface area (Å²) in [6.45, 7) is 19.4. The van der Waals surface area contributed by atoms with Crippen LogP contribution in [-0.4, -0.2) is 74.1 Å². The van der Waals surface area contributed by atoms with Crippen molar-refractivity contribution in [2.75, 3.05) is 59.4 Å². The number of nitrogens with zero attached hydrogens (tertiary/aromatic N) is 3. The van der Waals surface area contributed by atoms with E-state index >= 15 is 0 Å². The van der Waals surface area contributed by atoms with Gasteiger partial charge >= 0.3 is 0 Å². The molecule has 1 saturated heterocycles. The van der Waals surface area contributed by atoms with Crippen LogP contribution in [0.3, 0.4) is 0 Å². The molecule has 0 spiro atoms. The van der Waals surface area contributed by atoms with Gasteiger partial charge in [0.25, 0.3) is 0 Å². The van der Waals surface area contributed by atoms with Gasteiger partial charge in [-0.25, -0.2) is 0 Å². The van der Waals surface area contributed by atoms with E-state index in [1.807, 2.05) is 0 Å². The fraction of sp³-hybridized carbons (Fsp3) is 1.00. The smallest absolute Gasteiger partial charge is 0.0109 e. The fourth-order valence-electron chi connectivity index (χ4n) is 3.40. The van der Waals surface area contributed by atoms with E-state index in [-0.39, 0.29) is 0 Å². The Morgan fingerprint density at radius 2 is 1.62 bits per heavy atom. The lowest BCUT2D eigenvalue weighted by molar-refractivity contribution is 0.145. The molecule has 0 saturated carbocycles. The monoisotopic (exact) mass is 297 g/mol. The molecule has 0 unspecified atom stereocenters. The third kappa shape index (κ3) is 8.18. The van der Waals surface area contributed by atoms with Crippen molar-refractivity contribution >= 4 is 0 Å². The van der Waals surface area contributed by atoms with Crippen molar-refractivity contribution in [1.82, 2.24) is 14.7 Å². The van der Waals surface area contributed by atoms with Crippen LogP contribution >= 0.6 is 0 Å². The van der Waals surface area contributed by atoms with Gasteiger partial charge < -0.3 is 14.7 Å². The maximum atomic E-state index is 2.68. The molecule has 0 N–H and O–H groups in total. The minimum absolute atomic E-state index is 0.778. The molecule has 0 atom stereocenters. The van der Waals surface area contributed by atoms with Gasteiger partial charge in [0.15, 0.2) is 0 Å². The van der Waals surface area contributed by atoms with Crippen LogP contribution in [0, 0.1) is 11.8 Å². The summed E-state index contributed by atoms with van der Waals surface area (Å²) in [6.07, 6.45) is 4.04. The minimum atomic E-state index is 0.778. The zero-order valence-electron chi connectivity index (χ0n) is 15.3. The summed E-state index contributed by atoms with van der Waals surface area (Å²) in [6, 6.07) is 0. The molecule has 3 nitrogen and oxygen atoms in total. The molecule has 1 aliphatic heterocycles. The van der Waals surface area contributed by atoms with Gasteiger partial charge in [-0.2, -0.15) is 0 Å². The van der Waals surface area contributed by atoms with Gasteiger partial charge in [0.1, 0.15) is 0 Å². The summed E-state index contributed by atoms with van der Waals surface area (Å²) in [5.41, 5.74) is 0. The minimum Gasteiger partial charge on any atom is -0.306 e. The van der Waals surface area contributed by atoms with E-state index in [0.717, 1.165) is 11.8 Å². The average Bonchev–Trinajstić information content (AvgIpc) is 2.45. The molecule has 1 heterocycles.